The molecular formula is C25H36N4O3. The van der Waals surface area contributed by atoms with E-state index < -0.39 is 0 Å². The van der Waals surface area contributed by atoms with E-state index in [0.717, 1.165) is 48.3 Å². The zero-order valence-electron chi connectivity index (χ0n) is 19.5. The molecule has 174 valence electrons. The van der Waals surface area contributed by atoms with Gasteiger partial charge in [0.05, 0.1) is 6.61 Å². The third kappa shape index (κ3) is 9.41. The summed E-state index contributed by atoms with van der Waals surface area (Å²) in [4.78, 5) is 6.50. The van der Waals surface area contributed by atoms with Crippen molar-refractivity contribution in [1.82, 2.24) is 15.5 Å². The van der Waals surface area contributed by atoms with E-state index in [1.807, 2.05) is 42.5 Å². The van der Waals surface area contributed by atoms with Crippen LogP contribution in [-0.2, 0) is 17.8 Å². The first kappa shape index (κ1) is 25.2. The Morgan fingerprint density at radius 3 is 2.59 bits per heavy atom. The minimum atomic E-state index is 0.478. The van der Waals surface area contributed by atoms with Crippen molar-refractivity contribution in [2.75, 3.05) is 54.1 Å². The van der Waals surface area contributed by atoms with Crippen molar-refractivity contribution in [3.05, 3.63) is 72.3 Å². The topological polar surface area (TPSA) is 67.3 Å². The maximum absolute atomic E-state index is 5.90. The van der Waals surface area contributed by atoms with Gasteiger partial charge in [-0.1, -0.05) is 43.0 Å². The third-order valence-electron chi connectivity index (χ3n) is 4.78. The summed E-state index contributed by atoms with van der Waals surface area (Å²) in [7, 11) is 5.53. The molecule has 2 aromatic rings. The second-order valence-corrected chi connectivity index (χ2v) is 7.28. The van der Waals surface area contributed by atoms with Gasteiger partial charge in [-0.3, -0.25) is 4.99 Å². The Balaban J connectivity index is 1.81. The summed E-state index contributed by atoms with van der Waals surface area (Å²) in [6.45, 7) is 8.51. The zero-order chi connectivity index (χ0) is 23.0. The van der Waals surface area contributed by atoms with Crippen molar-refractivity contribution in [2.45, 2.75) is 13.1 Å². The summed E-state index contributed by atoms with van der Waals surface area (Å²) in [5, 5.41) is 6.68. The molecule has 0 fully saturated rings. The number of guanidine groups is 1. The summed E-state index contributed by atoms with van der Waals surface area (Å²) < 4.78 is 16.7. The van der Waals surface area contributed by atoms with Crippen LogP contribution in [-0.4, -0.2) is 65.0 Å². The zero-order valence-corrected chi connectivity index (χ0v) is 19.5. The van der Waals surface area contributed by atoms with Gasteiger partial charge in [0.2, 0.25) is 0 Å². The van der Waals surface area contributed by atoms with E-state index in [1.165, 1.54) is 0 Å². The molecule has 0 bridgehead atoms. The molecule has 0 radical (unpaired) electrons. The first-order chi connectivity index (χ1) is 15.7. The molecule has 2 aromatic carbocycles. The van der Waals surface area contributed by atoms with Gasteiger partial charge in [-0.25, -0.2) is 0 Å². The molecule has 0 heterocycles. The summed E-state index contributed by atoms with van der Waals surface area (Å²) in [6, 6.07) is 16.0. The molecule has 0 atom stereocenters. The molecule has 32 heavy (non-hydrogen) atoms. The molecule has 0 aliphatic carbocycles. The Labute approximate surface area is 192 Å². The fraction of sp³-hybridized carbons (Fsp3) is 0.400. The van der Waals surface area contributed by atoms with E-state index >= 15 is 0 Å². The first-order valence-electron chi connectivity index (χ1n) is 10.8. The standard InChI is InChI=1S/C25H36N4O3/c1-5-15-32-24-12-7-6-10-22(24)20-28-25(26-2)27-19-21-9-8-11-23(18-21)31-17-14-29(3)13-16-30-4/h5-12,18H,1,13-17,19-20H2,2-4H3,(H2,26,27,28). The van der Waals surface area contributed by atoms with Gasteiger partial charge < -0.3 is 29.7 Å². The van der Waals surface area contributed by atoms with Gasteiger partial charge in [0, 0.05) is 45.9 Å². The number of nitrogens with zero attached hydrogens (tertiary/aromatic N) is 2. The fourth-order valence-electron chi connectivity index (χ4n) is 2.95. The van der Waals surface area contributed by atoms with E-state index in [4.69, 9.17) is 14.2 Å². The lowest BCUT2D eigenvalue weighted by Crippen LogP contribution is -2.36. The normalized spacial score (nSPS) is 11.3. The molecule has 2 rings (SSSR count). The molecule has 0 saturated heterocycles. The number of likely N-dealkylation sites (N-methyl/N-ethyl adjacent to an activating group) is 1. The van der Waals surface area contributed by atoms with Gasteiger partial charge >= 0.3 is 0 Å². The van der Waals surface area contributed by atoms with Crippen LogP contribution in [0.5, 0.6) is 11.5 Å². The van der Waals surface area contributed by atoms with Gasteiger partial charge in [-0.2, -0.15) is 0 Å². The number of rotatable bonds is 14. The number of hydrogen-bond donors (Lipinski definition) is 2. The predicted molar refractivity (Wildman–Crippen MR) is 130 cm³/mol. The van der Waals surface area contributed by atoms with E-state index in [9.17, 15) is 0 Å². The van der Waals surface area contributed by atoms with Crippen LogP contribution in [0.3, 0.4) is 0 Å². The largest absolute Gasteiger partial charge is 0.492 e. The Morgan fingerprint density at radius 1 is 1.03 bits per heavy atom. The average Bonchev–Trinajstić information content (AvgIpc) is 2.82. The molecule has 0 aliphatic heterocycles. The SMILES string of the molecule is C=CCOc1ccccc1CNC(=NC)NCc1cccc(OCCN(C)CCOC)c1. The highest BCUT2D eigenvalue weighted by molar-refractivity contribution is 5.79. The van der Waals surface area contributed by atoms with E-state index in [1.54, 1.807) is 20.2 Å². The summed E-state index contributed by atoms with van der Waals surface area (Å²) in [5.74, 6) is 2.42. The van der Waals surface area contributed by atoms with E-state index in [0.29, 0.717) is 26.3 Å². The number of nitrogens with one attached hydrogen (secondary N) is 2. The number of ether oxygens (including phenoxy) is 3. The minimum Gasteiger partial charge on any atom is -0.492 e. The third-order valence-corrected chi connectivity index (χ3v) is 4.78. The quantitative estimate of drug-likeness (QED) is 0.267. The summed E-state index contributed by atoms with van der Waals surface area (Å²) >= 11 is 0. The molecule has 7 heteroatoms. The highest BCUT2D eigenvalue weighted by atomic mass is 16.5. The van der Waals surface area contributed by atoms with Crippen LogP contribution in [0.2, 0.25) is 0 Å². The van der Waals surface area contributed by atoms with Crippen molar-refractivity contribution < 1.29 is 14.2 Å². The Morgan fingerprint density at radius 2 is 1.81 bits per heavy atom. The Kier molecular flexibility index (Phi) is 11.7. The molecule has 0 aliphatic rings. The summed E-state index contributed by atoms with van der Waals surface area (Å²) in [5.41, 5.74) is 2.18. The van der Waals surface area contributed by atoms with Crippen molar-refractivity contribution in [3.8, 4) is 11.5 Å². The number of hydrogen-bond acceptors (Lipinski definition) is 5. The number of aliphatic imine (C=N–C) groups is 1. The number of benzene rings is 2. The van der Waals surface area contributed by atoms with E-state index in [2.05, 4.69) is 40.2 Å². The predicted octanol–water partition coefficient (Wildman–Crippen LogP) is 3.07. The van der Waals surface area contributed by atoms with Crippen LogP contribution < -0.4 is 20.1 Å². The van der Waals surface area contributed by atoms with Gasteiger partial charge in [-0.05, 0) is 30.8 Å². The molecule has 0 saturated carbocycles. The highest BCUT2D eigenvalue weighted by Gasteiger charge is 2.05. The molecule has 0 aromatic heterocycles. The maximum Gasteiger partial charge on any atom is 0.191 e. The second kappa shape index (κ2) is 14.9. The average molecular weight is 441 g/mol. The molecule has 7 nitrogen and oxygen atoms in total. The monoisotopic (exact) mass is 440 g/mol. The Bertz CT molecular complexity index is 841. The lowest BCUT2D eigenvalue weighted by Gasteiger charge is -2.17. The molecule has 0 spiro atoms. The molecular weight excluding hydrogens is 404 g/mol. The van der Waals surface area contributed by atoms with Crippen molar-refractivity contribution in [1.29, 1.82) is 0 Å². The molecule has 2 N–H and O–H groups in total. The van der Waals surface area contributed by atoms with Crippen LogP contribution >= 0.6 is 0 Å². The Hall–Kier alpha value is -3.03. The van der Waals surface area contributed by atoms with Crippen LogP contribution in [0.15, 0.2) is 66.2 Å². The van der Waals surface area contributed by atoms with E-state index in [-0.39, 0.29) is 0 Å². The van der Waals surface area contributed by atoms with Gasteiger partial charge in [0.25, 0.3) is 0 Å². The number of para-hydroxylation sites is 1. The van der Waals surface area contributed by atoms with Gasteiger partial charge in [-0.15, -0.1) is 0 Å². The summed E-state index contributed by atoms with van der Waals surface area (Å²) in [6.07, 6.45) is 1.74. The molecule has 0 unspecified atom stereocenters. The van der Waals surface area contributed by atoms with Gasteiger partial charge in [0.15, 0.2) is 5.96 Å². The van der Waals surface area contributed by atoms with Crippen molar-refractivity contribution >= 4 is 5.96 Å². The van der Waals surface area contributed by atoms with Crippen LogP contribution in [0.4, 0.5) is 0 Å². The van der Waals surface area contributed by atoms with Gasteiger partial charge in [0.1, 0.15) is 24.7 Å². The minimum absolute atomic E-state index is 0.478. The fourth-order valence-corrected chi connectivity index (χ4v) is 2.95. The second-order valence-electron chi connectivity index (χ2n) is 7.28. The maximum atomic E-state index is 5.90. The smallest absolute Gasteiger partial charge is 0.191 e. The highest BCUT2D eigenvalue weighted by Crippen LogP contribution is 2.17. The van der Waals surface area contributed by atoms with Crippen LogP contribution in [0.1, 0.15) is 11.1 Å². The first-order valence-corrected chi connectivity index (χ1v) is 10.8. The number of methoxy groups -OCH3 is 1. The van der Waals surface area contributed by atoms with Crippen LogP contribution in [0, 0.1) is 0 Å². The van der Waals surface area contributed by atoms with Crippen molar-refractivity contribution in [2.24, 2.45) is 4.99 Å². The van der Waals surface area contributed by atoms with Crippen molar-refractivity contribution in [3.63, 3.8) is 0 Å². The lowest BCUT2D eigenvalue weighted by molar-refractivity contribution is 0.150. The molecule has 0 amide bonds. The lowest BCUT2D eigenvalue weighted by atomic mass is 10.2. The van der Waals surface area contributed by atoms with Crippen LogP contribution in [0.25, 0.3) is 0 Å².